The van der Waals surface area contributed by atoms with E-state index in [9.17, 15) is 9.59 Å². The lowest BCUT2D eigenvalue weighted by Gasteiger charge is -2.14. The number of aliphatic carboxylic acids is 1. The van der Waals surface area contributed by atoms with Crippen molar-refractivity contribution in [3.8, 4) is 0 Å². The Balaban J connectivity index is 2.55. The lowest BCUT2D eigenvalue weighted by Crippen LogP contribution is -2.43. The van der Waals surface area contributed by atoms with E-state index >= 15 is 0 Å². The maximum atomic E-state index is 11.4. The fraction of sp³-hybridized carbons (Fsp3) is 0.385. The van der Waals surface area contributed by atoms with Crippen LogP contribution in [0.5, 0.6) is 0 Å². The molecule has 1 amide bonds. The molecule has 0 heterocycles. The summed E-state index contributed by atoms with van der Waals surface area (Å²) < 4.78 is 4.92. The summed E-state index contributed by atoms with van der Waals surface area (Å²) in [6.45, 7) is 2.07. The molecule has 1 aromatic carbocycles. The van der Waals surface area contributed by atoms with Gasteiger partial charge in [0.2, 0.25) is 5.91 Å². The highest BCUT2D eigenvalue weighted by atomic mass is 16.5. The molecule has 0 aromatic heterocycles. The Bertz CT molecular complexity index is 391. The van der Waals surface area contributed by atoms with E-state index in [-0.39, 0.29) is 13.0 Å². The number of amides is 1. The summed E-state index contributed by atoms with van der Waals surface area (Å²) in [5.41, 5.74) is 0.863. The minimum atomic E-state index is -1.05. The van der Waals surface area contributed by atoms with Crippen LogP contribution in [0.3, 0.4) is 0 Å². The monoisotopic (exact) mass is 251 g/mol. The van der Waals surface area contributed by atoms with Crippen LogP contribution in [0.4, 0.5) is 0 Å². The van der Waals surface area contributed by atoms with Crippen LogP contribution in [0, 0.1) is 0 Å². The van der Waals surface area contributed by atoms with Gasteiger partial charge >= 0.3 is 5.97 Å². The second-order valence-electron chi connectivity index (χ2n) is 3.79. The maximum Gasteiger partial charge on any atom is 0.326 e. The fourth-order valence-electron chi connectivity index (χ4n) is 1.48. The highest BCUT2D eigenvalue weighted by molar-refractivity contribution is 5.84. The van der Waals surface area contributed by atoms with E-state index in [4.69, 9.17) is 9.84 Å². The third kappa shape index (κ3) is 4.97. The van der Waals surface area contributed by atoms with Crippen LogP contribution < -0.4 is 5.32 Å². The highest BCUT2D eigenvalue weighted by Gasteiger charge is 2.20. The zero-order valence-corrected chi connectivity index (χ0v) is 10.3. The topological polar surface area (TPSA) is 75.6 Å². The van der Waals surface area contributed by atoms with Crippen molar-refractivity contribution >= 4 is 11.9 Å². The lowest BCUT2D eigenvalue weighted by molar-refractivity contribution is -0.142. The Kier molecular flexibility index (Phi) is 5.87. The number of carboxylic acid groups (broad SMARTS) is 1. The van der Waals surface area contributed by atoms with E-state index in [1.54, 1.807) is 6.92 Å². The number of carbonyl (C=O) groups excluding carboxylic acids is 1. The first-order chi connectivity index (χ1) is 8.63. The van der Waals surface area contributed by atoms with Gasteiger partial charge in [0.15, 0.2) is 0 Å². The summed E-state index contributed by atoms with van der Waals surface area (Å²) in [6, 6.07) is 8.23. The molecule has 98 valence electrons. The van der Waals surface area contributed by atoms with Gasteiger partial charge in [-0.3, -0.25) is 4.79 Å². The zero-order valence-electron chi connectivity index (χ0n) is 10.3. The van der Waals surface area contributed by atoms with Gasteiger partial charge in [0.25, 0.3) is 0 Å². The van der Waals surface area contributed by atoms with Crippen molar-refractivity contribution in [2.24, 2.45) is 0 Å². The van der Waals surface area contributed by atoms with E-state index in [2.05, 4.69) is 5.32 Å². The van der Waals surface area contributed by atoms with Gasteiger partial charge in [0.05, 0.1) is 0 Å². The van der Waals surface area contributed by atoms with Crippen molar-refractivity contribution in [2.45, 2.75) is 19.4 Å². The van der Waals surface area contributed by atoms with Crippen LogP contribution in [-0.4, -0.2) is 36.2 Å². The fourth-order valence-corrected chi connectivity index (χ4v) is 1.48. The minimum Gasteiger partial charge on any atom is -0.480 e. The number of hydrogen-bond acceptors (Lipinski definition) is 3. The average Bonchev–Trinajstić information content (AvgIpc) is 2.36. The van der Waals surface area contributed by atoms with Crippen LogP contribution >= 0.6 is 0 Å². The predicted octanol–water partition coefficient (Wildman–Crippen LogP) is 0.835. The van der Waals surface area contributed by atoms with E-state index in [0.29, 0.717) is 6.61 Å². The molecular weight excluding hydrogens is 234 g/mol. The van der Waals surface area contributed by atoms with Crippen molar-refractivity contribution in [1.29, 1.82) is 0 Å². The first kappa shape index (κ1) is 14.2. The van der Waals surface area contributed by atoms with Crippen LogP contribution in [0.2, 0.25) is 0 Å². The summed E-state index contributed by atoms with van der Waals surface area (Å²) >= 11 is 0. The van der Waals surface area contributed by atoms with Crippen LogP contribution in [0.1, 0.15) is 12.5 Å². The van der Waals surface area contributed by atoms with Gasteiger partial charge in [-0.2, -0.15) is 0 Å². The molecule has 0 radical (unpaired) electrons. The largest absolute Gasteiger partial charge is 0.480 e. The number of rotatable bonds is 7. The molecule has 2 N–H and O–H groups in total. The molecule has 5 heteroatoms. The SMILES string of the molecule is CCOCC(=O)N[C@@H](Cc1ccccc1)C(=O)O. The normalized spacial score (nSPS) is 11.8. The average molecular weight is 251 g/mol. The van der Waals surface area contributed by atoms with E-state index in [1.807, 2.05) is 30.3 Å². The standard InChI is InChI=1S/C13H17NO4/c1-2-18-9-12(15)14-11(13(16)17)8-10-6-4-3-5-7-10/h3-7,11H,2,8-9H2,1H3,(H,14,15)(H,16,17)/t11-/m0/s1. The zero-order chi connectivity index (χ0) is 13.4. The third-order valence-corrected chi connectivity index (χ3v) is 2.35. The van der Waals surface area contributed by atoms with Gasteiger partial charge in [-0.15, -0.1) is 0 Å². The maximum absolute atomic E-state index is 11.4. The van der Waals surface area contributed by atoms with Gasteiger partial charge in [-0.25, -0.2) is 4.79 Å². The summed E-state index contributed by atoms with van der Waals surface area (Å²) in [5.74, 6) is -1.47. The molecule has 0 saturated carbocycles. The molecule has 0 aliphatic carbocycles. The molecule has 1 aromatic rings. The summed E-state index contributed by atoms with van der Waals surface area (Å²) in [4.78, 5) is 22.5. The quantitative estimate of drug-likeness (QED) is 0.752. The molecular formula is C13H17NO4. The van der Waals surface area contributed by atoms with Crippen molar-refractivity contribution in [1.82, 2.24) is 5.32 Å². The molecule has 5 nitrogen and oxygen atoms in total. The number of carboxylic acids is 1. The Labute approximate surface area is 106 Å². The van der Waals surface area contributed by atoms with Crippen molar-refractivity contribution in [2.75, 3.05) is 13.2 Å². The molecule has 0 spiro atoms. The smallest absolute Gasteiger partial charge is 0.326 e. The Hall–Kier alpha value is -1.88. The predicted molar refractivity (Wildman–Crippen MR) is 66.2 cm³/mol. The van der Waals surface area contributed by atoms with Crippen LogP contribution in [0.25, 0.3) is 0 Å². The Morgan fingerprint density at radius 1 is 1.33 bits per heavy atom. The van der Waals surface area contributed by atoms with Gasteiger partial charge < -0.3 is 15.2 Å². The third-order valence-electron chi connectivity index (χ3n) is 2.35. The Morgan fingerprint density at radius 2 is 2.00 bits per heavy atom. The second kappa shape index (κ2) is 7.45. The molecule has 0 aliphatic rings. The molecule has 1 rings (SSSR count). The number of benzene rings is 1. The number of hydrogen-bond donors (Lipinski definition) is 2. The first-order valence-corrected chi connectivity index (χ1v) is 5.77. The summed E-state index contributed by atoms with van der Waals surface area (Å²) in [6.07, 6.45) is 0.258. The Morgan fingerprint density at radius 3 is 2.56 bits per heavy atom. The number of ether oxygens (including phenoxy) is 1. The lowest BCUT2D eigenvalue weighted by atomic mass is 10.1. The van der Waals surface area contributed by atoms with Gasteiger partial charge in [0, 0.05) is 13.0 Å². The molecule has 0 bridgehead atoms. The molecule has 0 saturated heterocycles. The molecule has 0 fully saturated rings. The number of carbonyl (C=O) groups is 2. The second-order valence-corrected chi connectivity index (χ2v) is 3.79. The molecule has 1 atom stereocenters. The minimum absolute atomic E-state index is 0.116. The van der Waals surface area contributed by atoms with Crippen molar-refractivity contribution in [3.05, 3.63) is 35.9 Å². The molecule has 0 aliphatic heterocycles. The molecule has 0 unspecified atom stereocenters. The van der Waals surface area contributed by atoms with E-state index in [1.165, 1.54) is 0 Å². The van der Waals surface area contributed by atoms with Crippen molar-refractivity contribution in [3.63, 3.8) is 0 Å². The first-order valence-electron chi connectivity index (χ1n) is 5.77. The highest BCUT2D eigenvalue weighted by Crippen LogP contribution is 2.03. The van der Waals surface area contributed by atoms with Gasteiger partial charge in [-0.05, 0) is 12.5 Å². The van der Waals surface area contributed by atoms with Crippen LogP contribution in [0.15, 0.2) is 30.3 Å². The van der Waals surface area contributed by atoms with Gasteiger partial charge in [-0.1, -0.05) is 30.3 Å². The van der Waals surface area contributed by atoms with E-state index in [0.717, 1.165) is 5.56 Å². The van der Waals surface area contributed by atoms with E-state index < -0.39 is 17.9 Å². The molecule has 18 heavy (non-hydrogen) atoms. The summed E-state index contributed by atoms with van der Waals surface area (Å²) in [5, 5.41) is 11.5. The van der Waals surface area contributed by atoms with Gasteiger partial charge in [0.1, 0.15) is 12.6 Å². The van der Waals surface area contributed by atoms with Crippen LogP contribution in [-0.2, 0) is 20.7 Å². The van der Waals surface area contributed by atoms with Crippen molar-refractivity contribution < 1.29 is 19.4 Å². The summed E-state index contributed by atoms with van der Waals surface area (Å²) in [7, 11) is 0. The number of nitrogens with one attached hydrogen (secondary N) is 1.